The maximum Gasteiger partial charge on any atom is 0.328 e. The fraction of sp³-hybridized carbons (Fsp3) is 0.500. The summed E-state index contributed by atoms with van der Waals surface area (Å²) in [5.74, 6) is -4.87. The number of aromatic nitrogens is 2. The minimum atomic E-state index is -1.25. The molecule has 0 saturated heterocycles. The molecule has 16 nitrogen and oxygen atoms in total. The fourth-order valence-corrected chi connectivity index (χ4v) is 3.16. The normalized spacial score (nSPS) is 11.3. The van der Waals surface area contributed by atoms with Crippen LogP contribution >= 0.6 is 0 Å². The van der Waals surface area contributed by atoms with E-state index in [9.17, 15) is 33.6 Å². The van der Waals surface area contributed by atoms with E-state index >= 15 is 0 Å². The van der Waals surface area contributed by atoms with Crippen LogP contribution in [0.15, 0.2) is 21.9 Å². The van der Waals surface area contributed by atoms with Gasteiger partial charge in [0.1, 0.15) is 0 Å². The standard InChI is InChI=1S/C22H32N6O10/c1-14(2)28-9-15(21(37)25-22(28)38)3-4-16(29)23-5-6-24-17(30)10-26(11-18(31)32)7-8-27(12-19(33)34)13-20(35)36/h3-4,9,14H,5-8,10-13H2,1-2H3,(H,23,29)(H,24,30)(H,31,32)(H,33,34)(H,35,36)(H,25,37,38)/b4-3+. The van der Waals surface area contributed by atoms with E-state index in [1.54, 1.807) is 13.8 Å². The summed E-state index contributed by atoms with van der Waals surface area (Å²) in [5, 5.41) is 31.8. The van der Waals surface area contributed by atoms with Crippen molar-refractivity contribution >= 4 is 35.8 Å². The average molecular weight is 541 g/mol. The summed E-state index contributed by atoms with van der Waals surface area (Å²) >= 11 is 0. The van der Waals surface area contributed by atoms with Crippen molar-refractivity contribution < 1.29 is 39.3 Å². The topological polar surface area (TPSA) is 231 Å². The molecular formula is C22H32N6O10. The summed E-state index contributed by atoms with van der Waals surface area (Å²) in [5.41, 5.74) is -1.11. The van der Waals surface area contributed by atoms with Crippen molar-refractivity contribution in [3.8, 4) is 0 Å². The van der Waals surface area contributed by atoms with Gasteiger partial charge in [0.05, 0.1) is 31.7 Å². The van der Waals surface area contributed by atoms with E-state index in [1.807, 2.05) is 0 Å². The molecule has 0 spiro atoms. The quantitative estimate of drug-likeness (QED) is 0.0870. The monoisotopic (exact) mass is 540 g/mol. The summed E-state index contributed by atoms with van der Waals surface area (Å²) in [4.78, 5) is 85.2. The van der Waals surface area contributed by atoms with Crippen molar-refractivity contribution in [3.63, 3.8) is 0 Å². The summed E-state index contributed by atoms with van der Waals surface area (Å²) in [6, 6.07) is -0.205. The first kappa shape index (κ1) is 31.7. The summed E-state index contributed by atoms with van der Waals surface area (Å²) in [6.07, 6.45) is 3.67. The Hall–Kier alpha value is -4.31. The van der Waals surface area contributed by atoms with E-state index in [1.165, 1.54) is 21.7 Å². The predicted octanol–water partition coefficient (Wildman–Crippen LogP) is -2.78. The number of nitrogens with one attached hydrogen (secondary N) is 3. The Morgan fingerprint density at radius 2 is 1.39 bits per heavy atom. The molecule has 16 heteroatoms. The van der Waals surface area contributed by atoms with Gasteiger partial charge in [-0.05, 0) is 19.9 Å². The van der Waals surface area contributed by atoms with Gasteiger partial charge in [0, 0.05) is 44.5 Å². The highest BCUT2D eigenvalue weighted by molar-refractivity contribution is 5.91. The molecule has 1 aromatic rings. The average Bonchev–Trinajstić information content (AvgIpc) is 2.78. The highest BCUT2D eigenvalue weighted by Gasteiger charge is 2.18. The zero-order valence-corrected chi connectivity index (χ0v) is 21.0. The van der Waals surface area contributed by atoms with Gasteiger partial charge >= 0.3 is 23.6 Å². The summed E-state index contributed by atoms with van der Waals surface area (Å²) < 4.78 is 1.30. The first-order chi connectivity index (χ1) is 17.8. The number of nitrogens with zero attached hydrogens (tertiary/aromatic N) is 3. The lowest BCUT2D eigenvalue weighted by Gasteiger charge is -2.24. The van der Waals surface area contributed by atoms with Crippen molar-refractivity contribution in [2.24, 2.45) is 0 Å². The summed E-state index contributed by atoms with van der Waals surface area (Å²) in [6.45, 7) is 1.32. The fourth-order valence-electron chi connectivity index (χ4n) is 3.16. The molecule has 6 N–H and O–H groups in total. The first-order valence-electron chi connectivity index (χ1n) is 11.5. The number of carbonyl (C=O) groups excluding carboxylic acids is 2. The van der Waals surface area contributed by atoms with Crippen LogP contribution in [-0.4, -0.2) is 117 Å². The third-order valence-electron chi connectivity index (χ3n) is 4.89. The van der Waals surface area contributed by atoms with E-state index < -0.39 is 60.6 Å². The molecule has 0 atom stereocenters. The number of hydrogen-bond donors (Lipinski definition) is 6. The highest BCUT2D eigenvalue weighted by atomic mass is 16.4. The molecule has 1 heterocycles. The third kappa shape index (κ3) is 12.6. The second kappa shape index (κ2) is 15.7. The van der Waals surface area contributed by atoms with Crippen molar-refractivity contribution in [1.82, 2.24) is 30.0 Å². The van der Waals surface area contributed by atoms with E-state index in [4.69, 9.17) is 15.3 Å². The van der Waals surface area contributed by atoms with Gasteiger partial charge in [0.2, 0.25) is 11.8 Å². The van der Waals surface area contributed by atoms with Gasteiger partial charge in [-0.2, -0.15) is 0 Å². The number of carboxylic acid groups (broad SMARTS) is 3. The number of carboxylic acids is 3. The molecule has 1 aromatic heterocycles. The molecule has 0 aliphatic rings. The Bertz CT molecular complexity index is 1140. The molecule has 1 rings (SSSR count). The van der Waals surface area contributed by atoms with E-state index in [0.29, 0.717) is 0 Å². The molecule has 0 aliphatic heterocycles. The van der Waals surface area contributed by atoms with Gasteiger partial charge in [-0.25, -0.2) is 4.79 Å². The molecule has 0 saturated carbocycles. The smallest absolute Gasteiger partial charge is 0.328 e. The van der Waals surface area contributed by atoms with Crippen LogP contribution in [0.4, 0.5) is 0 Å². The van der Waals surface area contributed by atoms with Crippen molar-refractivity contribution in [2.45, 2.75) is 19.9 Å². The molecule has 2 amide bonds. The zero-order chi connectivity index (χ0) is 28.8. The van der Waals surface area contributed by atoms with Crippen LogP contribution in [0.5, 0.6) is 0 Å². The second-order valence-corrected chi connectivity index (χ2v) is 8.42. The van der Waals surface area contributed by atoms with Crippen LogP contribution in [0.25, 0.3) is 6.08 Å². The Balaban J connectivity index is 2.56. The highest BCUT2D eigenvalue weighted by Crippen LogP contribution is 2.00. The lowest BCUT2D eigenvalue weighted by molar-refractivity contribution is -0.143. The van der Waals surface area contributed by atoms with Crippen LogP contribution in [0.3, 0.4) is 0 Å². The van der Waals surface area contributed by atoms with Crippen molar-refractivity contribution in [1.29, 1.82) is 0 Å². The van der Waals surface area contributed by atoms with Crippen LogP contribution in [-0.2, 0) is 24.0 Å². The predicted molar refractivity (Wildman–Crippen MR) is 133 cm³/mol. The van der Waals surface area contributed by atoms with Gasteiger partial charge < -0.3 is 26.0 Å². The van der Waals surface area contributed by atoms with Gasteiger partial charge in [-0.15, -0.1) is 0 Å². The third-order valence-corrected chi connectivity index (χ3v) is 4.89. The number of amides is 2. The minimum Gasteiger partial charge on any atom is -0.480 e. The number of hydrogen-bond acceptors (Lipinski definition) is 9. The van der Waals surface area contributed by atoms with Crippen LogP contribution in [0.1, 0.15) is 25.5 Å². The van der Waals surface area contributed by atoms with Gasteiger partial charge in [-0.3, -0.25) is 48.1 Å². The molecule has 0 unspecified atom stereocenters. The number of carbonyl (C=O) groups is 5. The zero-order valence-electron chi connectivity index (χ0n) is 21.0. The molecule has 210 valence electrons. The first-order valence-corrected chi connectivity index (χ1v) is 11.5. The van der Waals surface area contributed by atoms with Crippen LogP contribution in [0, 0.1) is 0 Å². The molecule has 0 aliphatic carbocycles. The molecule has 0 fully saturated rings. The second-order valence-electron chi connectivity index (χ2n) is 8.42. The number of aliphatic carboxylic acids is 3. The van der Waals surface area contributed by atoms with Crippen LogP contribution in [0.2, 0.25) is 0 Å². The maximum absolute atomic E-state index is 12.2. The summed E-state index contributed by atoms with van der Waals surface area (Å²) in [7, 11) is 0. The van der Waals surface area contributed by atoms with Crippen LogP contribution < -0.4 is 21.9 Å². The van der Waals surface area contributed by atoms with E-state index in [-0.39, 0.29) is 44.3 Å². The largest absolute Gasteiger partial charge is 0.480 e. The minimum absolute atomic E-state index is 0.00227. The number of rotatable bonds is 17. The lowest BCUT2D eigenvalue weighted by Crippen LogP contribution is -2.46. The Morgan fingerprint density at radius 3 is 1.89 bits per heavy atom. The van der Waals surface area contributed by atoms with Crippen molar-refractivity contribution in [3.05, 3.63) is 38.7 Å². The Kier molecular flexibility index (Phi) is 13.1. The molecule has 0 aromatic carbocycles. The van der Waals surface area contributed by atoms with E-state index in [0.717, 1.165) is 11.0 Å². The molecular weight excluding hydrogens is 508 g/mol. The van der Waals surface area contributed by atoms with E-state index in [2.05, 4.69) is 15.6 Å². The molecule has 0 radical (unpaired) electrons. The Labute approximate surface area is 216 Å². The number of H-pyrrole nitrogens is 1. The van der Waals surface area contributed by atoms with Gasteiger partial charge in [-0.1, -0.05) is 0 Å². The Morgan fingerprint density at radius 1 is 0.895 bits per heavy atom. The molecule has 38 heavy (non-hydrogen) atoms. The van der Waals surface area contributed by atoms with Gasteiger partial charge in [0.15, 0.2) is 0 Å². The maximum atomic E-state index is 12.2. The number of aromatic amines is 1. The molecule has 0 bridgehead atoms. The SMILES string of the molecule is CC(C)n1cc(/C=C/C(=O)NCCNC(=O)CN(CCN(CC(=O)O)CC(=O)O)CC(=O)O)c(=O)[nH]c1=O. The lowest BCUT2D eigenvalue weighted by atomic mass is 10.3. The van der Waals surface area contributed by atoms with Gasteiger partial charge in [0.25, 0.3) is 5.56 Å². The van der Waals surface area contributed by atoms with Crippen molar-refractivity contribution in [2.75, 3.05) is 52.4 Å².